The summed E-state index contributed by atoms with van der Waals surface area (Å²) in [6, 6.07) is 7.99. The number of hydrogen-bond donors (Lipinski definition) is 1. The van der Waals surface area contributed by atoms with Gasteiger partial charge in [-0.25, -0.2) is 0 Å². The van der Waals surface area contributed by atoms with Gasteiger partial charge in [0.1, 0.15) is 6.29 Å². The van der Waals surface area contributed by atoms with Crippen molar-refractivity contribution in [1.82, 2.24) is 5.32 Å². The first-order valence-electron chi connectivity index (χ1n) is 7.07. The summed E-state index contributed by atoms with van der Waals surface area (Å²) in [5.41, 5.74) is 2.18. The molecule has 0 radical (unpaired) electrons. The van der Waals surface area contributed by atoms with Crippen LogP contribution >= 0.6 is 0 Å². The Hall–Kier alpha value is -1.97. The van der Waals surface area contributed by atoms with Crippen molar-refractivity contribution in [3.63, 3.8) is 0 Å². The number of carbonyl (C=O) groups is 3. The van der Waals surface area contributed by atoms with Crippen LogP contribution in [0.5, 0.6) is 0 Å². The summed E-state index contributed by atoms with van der Waals surface area (Å²) in [5.74, 6) is -0.588. The van der Waals surface area contributed by atoms with E-state index in [1.165, 1.54) is 5.56 Å². The molecule has 1 heterocycles. The van der Waals surface area contributed by atoms with E-state index in [4.69, 9.17) is 0 Å². The second-order valence-electron chi connectivity index (χ2n) is 5.16. The molecule has 0 aliphatic carbocycles. The van der Waals surface area contributed by atoms with Gasteiger partial charge in [0.05, 0.1) is 5.92 Å². The Morgan fingerprint density at radius 3 is 2.55 bits per heavy atom. The van der Waals surface area contributed by atoms with E-state index < -0.39 is 0 Å². The molecular weight excluding hydrogens is 254 g/mol. The largest absolute Gasteiger partial charge is 0.303 e. The Kier molecular flexibility index (Phi) is 5.04. The lowest BCUT2D eigenvalue weighted by Crippen LogP contribution is -2.39. The van der Waals surface area contributed by atoms with E-state index in [-0.39, 0.29) is 17.7 Å². The van der Waals surface area contributed by atoms with Crippen LogP contribution in [0.3, 0.4) is 0 Å². The van der Waals surface area contributed by atoms with Crippen molar-refractivity contribution in [2.75, 3.05) is 0 Å². The van der Waals surface area contributed by atoms with Crippen LogP contribution in [-0.2, 0) is 20.8 Å². The molecular formula is C16H19NO3. The summed E-state index contributed by atoms with van der Waals surface area (Å²) in [4.78, 5) is 33.1. The molecule has 1 fully saturated rings. The molecule has 0 bridgehead atoms. The van der Waals surface area contributed by atoms with Crippen LogP contribution in [0.25, 0.3) is 0 Å². The Balaban J connectivity index is 1.92. The Morgan fingerprint density at radius 2 is 1.90 bits per heavy atom. The van der Waals surface area contributed by atoms with E-state index in [0.29, 0.717) is 19.3 Å². The molecule has 1 aromatic rings. The maximum absolute atomic E-state index is 11.8. The van der Waals surface area contributed by atoms with Gasteiger partial charge in [-0.05, 0) is 36.8 Å². The van der Waals surface area contributed by atoms with Crippen LogP contribution in [0.1, 0.15) is 49.1 Å². The second-order valence-corrected chi connectivity index (χ2v) is 5.16. The topological polar surface area (TPSA) is 63.2 Å². The number of carbonyl (C=O) groups excluding carboxylic acids is 3. The summed E-state index contributed by atoms with van der Waals surface area (Å²) in [5, 5.41) is 2.38. The van der Waals surface area contributed by atoms with Gasteiger partial charge in [0.25, 0.3) is 0 Å². The molecule has 20 heavy (non-hydrogen) atoms. The molecule has 0 spiro atoms. The van der Waals surface area contributed by atoms with Gasteiger partial charge in [-0.1, -0.05) is 24.3 Å². The maximum atomic E-state index is 11.8. The highest BCUT2D eigenvalue weighted by Crippen LogP contribution is 2.25. The van der Waals surface area contributed by atoms with Crippen molar-refractivity contribution in [2.24, 2.45) is 0 Å². The van der Waals surface area contributed by atoms with E-state index in [0.717, 1.165) is 31.1 Å². The van der Waals surface area contributed by atoms with Crippen molar-refractivity contribution in [2.45, 2.75) is 44.4 Å². The Morgan fingerprint density at radius 1 is 1.15 bits per heavy atom. The fourth-order valence-electron chi connectivity index (χ4n) is 2.49. The number of benzene rings is 1. The zero-order chi connectivity index (χ0) is 14.4. The summed E-state index contributed by atoms with van der Waals surface area (Å²) >= 11 is 0. The lowest BCUT2D eigenvalue weighted by atomic mass is 9.90. The Labute approximate surface area is 118 Å². The minimum Gasteiger partial charge on any atom is -0.303 e. The lowest BCUT2D eigenvalue weighted by Gasteiger charge is -2.21. The van der Waals surface area contributed by atoms with Gasteiger partial charge in [0.2, 0.25) is 11.8 Å². The highest BCUT2D eigenvalue weighted by molar-refractivity contribution is 6.00. The third kappa shape index (κ3) is 3.76. The SMILES string of the molecule is O=CCCCCc1ccc(C2CCC(=O)NC2=O)cc1. The number of aldehydes is 1. The van der Waals surface area contributed by atoms with Crippen molar-refractivity contribution < 1.29 is 14.4 Å². The first kappa shape index (κ1) is 14.4. The average Bonchev–Trinajstić information content (AvgIpc) is 2.45. The minimum absolute atomic E-state index is 0.182. The van der Waals surface area contributed by atoms with E-state index in [9.17, 15) is 14.4 Å². The summed E-state index contributed by atoms with van der Waals surface area (Å²) in [7, 11) is 0. The maximum Gasteiger partial charge on any atom is 0.234 e. The van der Waals surface area contributed by atoms with Crippen molar-refractivity contribution in [3.8, 4) is 0 Å². The number of piperidine rings is 1. The smallest absolute Gasteiger partial charge is 0.234 e. The number of aryl methyl sites for hydroxylation is 1. The third-order valence-corrected chi connectivity index (χ3v) is 3.66. The third-order valence-electron chi connectivity index (χ3n) is 3.66. The van der Waals surface area contributed by atoms with Crippen LogP contribution < -0.4 is 5.32 Å². The van der Waals surface area contributed by atoms with E-state index in [1.807, 2.05) is 24.3 Å². The molecule has 2 rings (SSSR count). The predicted molar refractivity (Wildman–Crippen MR) is 75.2 cm³/mol. The standard InChI is InChI=1S/C16H19NO3/c18-11-3-1-2-4-12-5-7-13(8-6-12)14-9-10-15(19)17-16(14)20/h5-8,11,14H,1-4,9-10H2,(H,17,19,20). The van der Waals surface area contributed by atoms with Gasteiger partial charge in [-0.2, -0.15) is 0 Å². The monoisotopic (exact) mass is 273 g/mol. The molecule has 1 aliphatic rings. The molecule has 1 saturated heterocycles. The molecule has 1 aliphatic heterocycles. The number of hydrogen-bond acceptors (Lipinski definition) is 3. The molecule has 4 nitrogen and oxygen atoms in total. The summed E-state index contributed by atoms with van der Waals surface area (Å²) in [6.45, 7) is 0. The number of amides is 2. The molecule has 0 aromatic heterocycles. The Bertz CT molecular complexity index is 493. The molecule has 4 heteroatoms. The van der Waals surface area contributed by atoms with Crippen LogP contribution in [0.4, 0.5) is 0 Å². The van der Waals surface area contributed by atoms with Gasteiger partial charge >= 0.3 is 0 Å². The number of rotatable bonds is 6. The molecule has 106 valence electrons. The zero-order valence-corrected chi connectivity index (χ0v) is 11.4. The zero-order valence-electron chi connectivity index (χ0n) is 11.4. The van der Waals surface area contributed by atoms with Crippen molar-refractivity contribution >= 4 is 18.1 Å². The molecule has 1 N–H and O–H groups in total. The average molecular weight is 273 g/mol. The number of nitrogens with one attached hydrogen (secondary N) is 1. The van der Waals surface area contributed by atoms with Gasteiger partial charge in [0, 0.05) is 12.8 Å². The quantitative estimate of drug-likeness (QED) is 0.490. The molecule has 1 unspecified atom stereocenters. The number of unbranched alkanes of at least 4 members (excludes halogenated alkanes) is 2. The summed E-state index contributed by atoms with van der Waals surface area (Å²) < 4.78 is 0. The van der Waals surface area contributed by atoms with Crippen molar-refractivity contribution in [3.05, 3.63) is 35.4 Å². The lowest BCUT2D eigenvalue weighted by molar-refractivity contribution is -0.134. The molecule has 1 atom stereocenters. The minimum atomic E-state index is -0.211. The van der Waals surface area contributed by atoms with Gasteiger partial charge in [-0.3, -0.25) is 14.9 Å². The highest BCUT2D eigenvalue weighted by atomic mass is 16.2. The first-order valence-corrected chi connectivity index (χ1v) is 7.07. The van der Waals surface area contributed by atoms with E-state index in [1.54, 1.807) is 0 Å². The van der Waals surface area contributed by atoms with Crippen LogP contribution in [-0.4, -0.2) is 18.1 Å². The van der Waals surface area contributed by atoms with Crippen LogP contribution in [0.2, 0.25) is 0 Å². The first-order chi connectivity index (χ1) is 9.70. The molecule has 1 aromatic carbocycles. The molecule has 0 saturated carbocycles. The van der Waals surface area contributed by atoms with Crippen LogP contribution in [0, 0.1) is 0 Å². The normalized spacial score (nSPS) is 18.7. The second kappa shape index (κ2) is 6.98. The van der Waals surface area contributed by atoms with Gasteiger partial charge in [0.15, 0.2) is 0 Å². The number of imide groups is 1. The van der Waals surface area contributed by atoms with Gasteiger partial charge in [-0.15, -0.1) is 0 Å². The predicted octanol–water partition coefficient (Wildman–Crippen LogP) is 2.12. The van der Waals surface area contributed by atoms with E-state index in [2.05, 4.69) is 5.32 Å². The van der Waals surface area contributed by atoms with Crippen LogP contribution in [0.15, 0.2) is 24.3 Å². The fourth-order valence-corrected chi connectivity index (χ4v) is 2.49. The molecule has 2 amide bonds. The van der Waals surface area contributed by atoms with Crippen molar-refractivity contribution in [1.29, 1.82) is 0 Å². The van der Waals surface area contributed by atoms with Gasteiger partial charge < -0.3 is 4.79 Å². The fraction of sp³-hybridized carbons (Fsp3) is 0.438. The van der Waals surface area contributed by atoms with E-state index >= 15 is 0 Å². The highest BCUT2D eigenvalue weighted by Gasteiger charge is 2.27. The summed E-state index contributed by atoms with van der Waals surface area (Å²) in [6.07, 6.45) is 5.42.